The molecule has 0 aliphatic carbocycles. The van der Waals surface area contributed by atoms with Crippen molar-refractivity contribution in [1.82, 2.24) is 14.8 Å². The van der Waals surface area contributed by atoms with Crippen LogP contribution in [0.2, 0.25) is 0 Å². The Morgan fingerprint density at radius 3 is 2.52 bits per heavy atom. The summed E-state index contributed by atoms with van der Waals surface area (Å²) < 4.78 is 1.99. The average molecular weight is 289 g/mol. The minimum Gasteiger partial charge on any atom is -0.356 e. The fraction of sp³-hybridized carbons (Fsp3) is 0.625. The first-order chi connectivity index (χ1) is 10.1. The number of aromatic nitrogens is 1. The van der Waals surface area contributed by atoms with E-state index < -0.39 is 0 Å². The minimum absolute atomic E-state index is 0.0996. The van der Waals surface area contributed by atoms with E-state index in [1.54, 1.807) is 0 Å². The van der Waals surface area contributed by atoms with E-state index in [9.17, 15) is 9.59 Å². The molecule has 2 aliphatic heterocycles. The van der Waals surface area contributed by atoms with Gasteiger partial charge in [-0.1, -0.05) is 6.92 Å². The second-order valence-electron chi connectivity index (χ2n) is 6.33. The number of carbonyl (C=O) groups is 2. The van der Waals surface area contributed by atoms with Gasteiger partial charge in [0.2, 0.25) is 11.8 Å². The molecule has 114 valence electrons. The van der Waals surface area contributed by atoms with Gasteiger partial charge in [0.25, 0.3) is 0 Å². The van der Waals surface area contributed by atoms with Gasteiger partial charge < -0.3 is 14.8 Å². The number of rotatable bonds is 3. The molecule has 1 N–H and O–H groups in total. The average Bonchev–Trinajstić information content (AvgIpc) is 3.12. The summed E-state index contributed by atoms with van der Waals surface area (Å²) in [6, 6.07) is 3.81. The zero-order chi connectivity index (χ0) is 14.9. The lowest BCUT2D eigenvalue weighted by Gasteiger charge is -2.39. The highest BCUT2D eigenvalue weighted by molar-refractivity contribution is 5.81. The molecule has 1 aromatic rings. The van der Waals surface area contributed by atoms with Crippen molar-refractivity contribution in [2.75, 3.05) is 19.6 Å². The molecule has 0 aromatic carbocycles. The molecule has 0 bridgehead atoms. The third-order valence-electron chi connectivity index (χ3n) is 4.99. The monoisotopic (exact) mass is 289 g/mol. The number of likely N-dealkylation sites (tertiary alicyclic amines) is 1. The van der Waals surface area contributed by atoms with Crippen molar-refractivity contribution in [3.63, 3.8) is 0 Å². The standard InChI is InChI=1S/C16H23N3O2/c1-2-13(18-7-3-4-8-18)15(21)19-9-5-16(6-10-19)11-14(20)17-12-16/h3-4,7-8,13H,2,5-6,9-12H2,1H3,(H,17,20)/t13-/m0/s1. The van der Waals surface area contributed by atoms with E-state index in [0.29, 0.717) is 6.42 Å². The predicted molar refractivity (Wildman–Crippen MR) is 79.6 cm³/mol. The first-order valence-corrected chi connectivity index (χ1v) is 7.81. The van der Waals surface area contributed by atoms with Gasteiger partial charge in [-0.25, -0.2) is 0 Å². The lowest BCUT2D eigenvalue weighted by atomic mass is 9.77. The lowest BCUT2D eigenvalue weighted by molar-refractivity contribution is -0.137. The maximum absolute atomic E-state index is 12.7. The Morgan fingerprint density at radius 1 is 1.33 bits per heavy atom. The molecule has 1 atom stereocenters. The number of carbonyl (C=O) groups excluding carboxylic acids is 2. The fourth-order valence-corrected chi connectivity index (χ4v) is 3.59. The van der Waals surface area contributed by atoms with Crippen LogP contribution in [0.1, 0.15) is 38.6 Å². The van der Waals surface area contributed by atoms with Crippen LogP contribution in [0.25, 0.3) is 0 Å². The fourth-order valence-electron chi connectivity index (χ4n) is 3.59. The molecular formula is C16H23N3O2. The summed E-state index contributed by atoms with van der Waals surface area (Å²) >= 11 is 0. The van der Waals surface area contributed by atoms with Gasteiger partial charge in [0.05, 0.1) is 0 Å². The maximum Gasteiger partial charge on any atom is 0.245 e. The minimum atomic E-state index is -0.0996. The van der Waals surface area contributed by atoms with Gasteiger partial charge in [0.15, 0.2) is 0 Å². The van der Waals surface area contributed by atoms with Gasteiger partial charge >= 0.3 is 0 Å². The van der Waals surface area contributed by atoms with Crippen LogP contribution in [0.5, 0.6) is 0 Å². The normalized spacial score (nSPS) is 22.3. The van der Waals surface area contributed by atoms with Crippen LogP contribution in [0.4, 0.5) is 0 Å². The molecule has 21 heavy (non-hydrogen) atoms. The molecule has 1 spiro atoms. The van der Waals surface area contributed by atoms with Gasteiger partial charge in [-0.05, 0) is 36.8 Å². The first-order valence-electron chi connectivity index (χ1n) is 7.81. The molecule has 5 nitrogen and oxygen atoms in total. The zero-order valence-electron chi connectivity index (χ0n) is 12.5. The maximum atomic E-state index is 12.7. The lowest BCUT2D eigenvalue weighted by Crippen LogP contribution is -2.46. The highest BCUT2D eigenvalue weighted by Crippen LogP contribution is 2.38. The Bertz CT molecular complexity index is 516. The Morgan fingerprint density at radius 2 is 2.00 bits per heavy atom. The van der Waals surface area contributed by atoms with E-state index in [1.807, 2.05) is 40.9 Å². The van der Waals surface area contributed by atoms with Crippen LogP contribution in [0, 0.1) is 5.41 Å². The van der Waals surface area contributed by atoms with Crippen molar-refractivity contribution >= 4 is 11.8 Å². The number of amides is 2. The van der Waals surface area contributed by atoms with Crippen molar-refractivity contribution in [2.24, 2.45) is 5.41 Å². The Hall–Kier alpha value is -1.78. The highest BCUT2D eigenvalue weighted by Gasteiger charge is 2.42. The van der Waals surface area contributed by atoms with Crippen LogP contribution in [0.3, 0.4) is 0 Å². The first kappa shape index (κ1) is 14.2. The van der Waals surface area contributed by atoms with E-state index in [-0.39, 0.29) is 23.3 Å². The smallest absolute Gasteiger partial charge is 0.245 e. The number of hydrogen-bond acceptors (Lipinski definition) is 2. The van der Waals surface area contributed by atoms with Crippen molar-refractivity contribution in [3.8, 4) is 0 Å². The largest absolute Gasteiger partial charge is 0.356 e. The summed E-state index contributed by atoms with van der Waals surface area (Å²) in [4.78, 5) is 26.1. The van der Waals surface area contributed by atoms with Gasteiger partial charge in [-0.15, -0.1) is 0 Å². The summed E-state index contributed by atoms with van der Waals surface area (Å²) in [7, 11) is 0. The van der Waals surface area contributed by atoms with Crippen LogP contribution in [-0.2, 0) is 9.59 Å². The number of nitrogens with one attached hydrogen (secondary N) is 1. The van der Waals surface area contributed by atoms with Gasteiger partial charge in [0.1, 0.15) is 6.04 Å². The molecule has 1 aromatic heterocycles. The molecule has 3 rings (SSSR count). The van der Waals surface area contributed by atoms with E-state index in [0.717, 1.165) is 38.9 Å². The second kappa shape index (κ2) is 5.54. The Kier molecular flexibility index (Phi) is 3.74. The summed E-state index contributed by atoms with van der Waals surface area (Å²) in [5.74, 6) is 0.370. The number of nitrogens with zero attached hydrogens (tertiary/aromatic N) is 2. The highest BCUT2D eigenvalue weighted by atomic mass is 16.2. The molecule has 5 heteroatoms. The molecule has 0 unspecified atom stereocenters. The van der Waals surface area contributed by atoms with Crippen molar-refractivity contribution in [2.45, 2.75) is 38.6 Å². The third kappa shape index (κ3) is 2.69. The van der Waals surface area contributed by atoms with Crippen molar-refractivity contribution in [1.29, 1.82) is 0 Å². The molecule has 2 amide bonds. The molecule has 2 aliphatic rings. The number of piperidine rings is 1. The summed E-state index contributed by atoms with van der Waals surface area (Å²) in [5, 5.41) is 2.93. The van der Waals surface area contributed by atoms with Gasteiger partial charge in [-0.3, -0.25) is 9.59 Å². The molecule has 2 saturated heterocycles. The van der Waals surface area contributed by atoms with E-state index >= 15 is 0 Å². The van der Waals surface area contributed by atoms with E-state index in [4.69, 9.17) is 0 Å². The van der Waals surface area contributed by atoms with Crippen molar-refractivity contribution < 1.29 is 9.59 Å². The Labute approximate surface area is 125 Å². The molecule has 3 heterocycles. The number of hydrogen-bond donors (Lipinski definition) is 1. The van der Waals surface area contributed by atoms with Crippen LogP contribution < -0.4 is 5.32 Å². The van der Waals surface area contributed by atoms with Gasteiger partial charge in [0, 0.05) is 38.4 Å². The predicted octanol–water partition coefficient (Wildman–Crippen LogP) is 1.57. The van der Waals surface area contributed by atoms with E-state index in [2.05, 4.69) is 5.32 Å². The van der Waals surface area contributed by atoms with Crippen LogP contribution in [0.15, 0.2) is 24.5 Å². The van der Waals surface area contributed by atoms with E-state index in [1.165, 1.54) is 0 Å². The third-order valence-corrected chi connectivity index (χ3v) is 4.99. The van der Waals surface area contributed by atoms with Crippen LogP contribution >= 0.6 is 0 Å². The molecule has 2 fully saturated rings. The summed E-state index contributed by atoms with van der Waals surface area (Å²) in [6.45, 7) is 4.37. The quantitative estimate of drug-likeness (QED) is 0.918. The van der Waals surface area contributed by atoms with Crippen LogP contribution in [-0.4, -0.2) is 40.9 Å². The second-order valence-corrected chi connectivity index (χ2v) is 6.33. The summed E-state index contributed by atoms with van der Waals surface area (Å²) in [6.07, 6.45) is 7.20. The summed E-state index contributed by atoms with van der Waals surface area (Å²) in [5.41, 5.74) is 0.100. The van der Waals surface area contributed by atoms with Crippen molar-refractivity contribution in [3.05, 3.63) is 24.5 Å². The molecule has 0 radical (unpaired) electrons. The topological polar surface area (TPSA) is 54.3 Å². The van der Waals surface area contributed by atoms with Gasteiger partial charge in [-0.2, -0.15) is 0 Å². The molecule has 0 saturated carbocycles. The SMILES string of the molecule is CC[C@@H](C(=O)N1CCC2(CC1)CNC(=O)C2)n1cccc1. The zero-order valence-corrected chi connectivity index (χ0v) is 12.5. The Balaban J connectivity index is 1.63. The molecular weight excluding hydrogens is 266 g/mol.